The highest BCUT2D eigenvalue weighted by Crippen LogP contribution is 2.17. The van der Waals surface area contributed by atoms with Gasteiger partial charge in [-0.05, 0) is 36.2 Å². The van der Waals surface area contributed by atoms with Crippen LogP contribution in [0.4, 0.5) is 10.2 Å². The molecular formula is C14H13FN2O. The first-order valence-corrected chi connectivity index (χ1v) is 5.56. The van der Waals surface area contributed by atoms with Crippen molar-refractivity contribution in [3.05, 3.63) is 59.0 Å². The van der Waals surface area contributed by atoms with Gasteiger partial charge < -0.3 is 5.73 Å². The number of aromatic nitrogens is 1. The second-order valence-electron chi connectivity index (χ2n) is 4.12. The summed E-state index contributed by atoms with van der Waals surface area (Å²) in [6.45, 7) is 1.80. The molecule has 2 N–H and O–H groups in total. The van der Waals surface area contributed by atoms with E-state index in [1.54, 1.807) is 31.3 Å². The maximum Gasteiger partial charge on any atom is 0.171 e. The zero-order valence-electron chi connectivity index (χ0n) is 9.98. The van der Waals surface area contributed by atoms with Crippen molar-refractivity contribution in [1.82, 2.24) is 4.98 Å². The van der Waals surface area contributed by atoms with Gasteiger partial charge in [-0.25, -0.2) is 9.37 Å². The number of nitrogens with zero attached hydrogens (tertiary/aromatic N) is 1. The third-order valence-corrected chi connectivity index (χ3v) is 2.72. The van der Waals surface area contributed by atoms with E-state index in [2.05, 4.69) is 4.98 Å². The van der Waals surface area contributed by atoms with Crippen molar-refractivity contribution in [2.24, 2.45) is 0 Å². The molecule has 0 fully saturated rings. The fraction of sp³-hybridized carbons (Fsp3) is 0.143. The van der Waals surface area contributed by atoms with E-state index in [-0.39, 0.29) is 23.8 Å². The van der Waals surface area contributed by atoms with Gasteiger partial charge >= 0.3 is 0 Å². The first-order chi connectivity index (χ1) is 8.58. The topological polar surface area (TPSA) is 56.0 Å². The standard InChI is InChI=1S/C14H13FN2O/c1-9-5-6-17-14(16)13(9)12(18)8-10-3-2-4-11(15)7-10/h2-7H,8H2,1H3,(H2,16,17). The van der Waals surface area contributed by atoms with Gasteiger partial charge in [0.15, 0.2) is 5.78 Å². The number of Topliss-reactive ketones (excluding diaryl/α,β-unsaturated/α-hetero) is 1. The largest absolute Gasteiger partial charge is 0.383 e. The number of nitrogens with two attached hydrogens (primary N) is 1. The zero-order valence-corrected chi connectivity index (χ0v) is 9.98. The average molecular weight is 244 g/mol. The molecule has 1 aromatic heterocycles. The van der Waals surface area contributed by atoms with Gasteiger partial charge in [-0.3, -0.25) is 4.79 Å². The molecule has 0 aliphatic rings. The molecule has 18 heavy (non-hydrogen) atoms. The molecule has 0 amide bonds. The summed E-state index contributed by atoms with van der Waals surface area (Å²) >= 11 is 0. The minimum Gasteiger partial charge on any atom is -0.383 e. The summed E-state index contributed by atoms with van der Waals surface area (Å²) in [5, 5.41) is 0. The molecule has 2 aromatic rings. The third kappa shape index (κ3) is 2.53. The molecule has 0 saturated heterocycles. The van der Waals surface area contributed by atoms with Crippen molar-refractivity contribution in [1.29, 1.82) is 0 Å². The van der Waals surface area contributed by atoms with Gasteiger partial charge in [-0.2, -0.15) is 0 Å². The number of hydrogen-bond donors (Lipinski definition) is 1. The fourth-order valence-electron chi connectivity index (χ4n) is 1.86. The van der Waals surface area contributed by atoms with Crippen LogP contribution in [-0.2, 0) is 6.42 Å². The number of anilines is 1. The van der Waals surface area contributed by atoms with Gasteiger partial charge in [-0.1, -0.05) is 12.1 Å². The van der Waals surface area contributed by atoms with Crippen molar-refractivity contribution in [2.45, 2.75) is 13.3 Å². The lowest BCUT2D eigenvalue weighted by Gasteiger charge is -2.07. The van der Waals surface area contributed by atoms with E-state index in [1.807, 2.05) is 0 Å². The summed E-state index contributed by atoms with van der Waals surface area (Å²) in [4.78, 5) is 16.0. The van der Waals surface area contributed by atoms with E-state index >= 15 is 0 Å². The molecule has 0 spiro atoms. The molecule has 4 heteroatoms. The minimum absolute atomic E-state index is 0.120. The van der Waals surface area contributed by atoms with Crippen LogP contribution in [0, 0.1) is 12.7 Å². The van der Waals surface area contributed by atoms with Gasteiger partial charge in [0.25, 0.3) is 0 Å². The van der Waals surface area contributed by atoms with Crippen LogP contribution in [0.1, 0.15) is 21.5 Å². The Labute approximate surface area is 104 Å². The zero-order chi connectivity index (χ0) is 13.1. The predicted molar refractivity (Wildman–Crippen MR) is 67.8 cm³/mol. The second kappa shape index (κ2) is 4.96. The first-order valence-electron chi connectivity index (χ1n) is 5.56. The maximum atomic E-state index is 13.0. The summed E-state index contributed by atoms with van der Waals surface area (Å²) < 4.78 is 13.0. The molecule has 92 valence electrons. The molecule has 0 saturated carbocycles. The molecule has 3 nitrogen and oxygen atoms in total. The van der Waals surface area contributed by atoms with Crippen LogP contribution in [0.5, 0.6) is 0 Å². The third-order valence-electron chi connectivity index (χ3n) is 2.72. The fourth-order valence-corrected chi connectivity index (χ4v) is 1.86. The number of carbonyl (C=O) groups excluding carboxylic acids is 1. The van der Waals surface area contributed by atoms with Crippen molar-refractivity contribution in [3.8, 4) is 0 Å². The van der Waals surface area contributed by atoms with Gasteiger partial charge in [0.1, 0.15) is 11.6 Å². The number of nitrogen functional groups attached to an aromatic ring is 1. The molecule has 0 unspecified atom stereocenters. The highest BCUT2D eigenvalue weighted by atomic mass is 19.1. The first kappa shape index (κ1) is 12.2. The smallest absolute Gasteiger partial charge is 0.171 e. The molecule has 2 rings (SSSR count). The lowest BCUT2D eigenvalue weighted by molar-refractivity contribution is 0.0993. The Morgan fingerprint density at radius 2 is 2.17 bits per heavy atom. The van der Waals surface area contributed by atoms with E-state index in [4.69, 9.17) is 5.73 Å². The molecular weight excluding hydrogens is 231 g/mol. The number of halogens is 1. The number of ketones is 1. The van der Waals surface area contributed by atoms with Crippen molar-refractivity contribution < 1.29 is 9.18 Å². The molecule has 0 bridgehead atoms. The van der Waals surface area contributed by atoms with Gasteiger partial charge in [0.05, 0.1) is 5.56 Å². The molecule has 1 heterocycles. The van der Waals surface area contributed by atoms with E-state index < -0.39 is 0 Å². The van der Waals surface area contributed by atoms with E-state index in [0.717, 1.165) is 5.56 Å². The maximum absolute atomic E-state index is 13.0. The number of benzene rings is 1. The summed E-state index contributed by atoms with van der Waals surface area (Å²) in [6.07, 6.45) is 1.68. The van der Waals surface area contributed by atoms with Gasteiger partial charge in [0.2, 0.25) is 0 Å². The number of aryl methyl sites for hydroxylation is 1. The Morgan fingerprint density at radius 3 is 2.83 bits per heavy atom. The highest BCUT2D eigenvalue weighted by Gasteiger charge is 2.14. The summed E-state index contributed by atoms with van der Waals surface area (Å²) in [6, 6.07) is 7.72. The lowest BCUT2D eigenvalue weighted by atomic mass is 10.00. The van der Waals surface area contributed by atoms with Crippen LogP contribution in [0.2, 0.25) is 0 Å². The quantitative estimate of drug-likeness (QED) is 0.844. The Kier molecular flexibility index (Phi) is 3.37. The Balaban J connectivity index is 2.28. The Morgan fingerprint density at radius 1 is 1.39 bits per heavy atom. The molecule has 0 atom stereocenters. The SMILES string of the molecule is Cc1ccnc(N)c1C(=O)Cc1cccc(F)c1. The highest BCUT2D eigenvalue weighted by molar-refractivity contribution is 6.02. The molecule has 0 aliphatic heterocycles. The van der Waals surface area contributed by atoms with E-state index in [0.29, 0.717) is 11.1 Å². The second-order valence-corrected chi connectivity index (χ2v) is 4.12. The molecule has 1 aromatic carbocycles. The lowest BCUT2D eigenvalue weighted by Crippen LogP contribution is -2.10. The number of carbonyl (C=O) groups is 1. The Hall–Kier alpha value is -2.23. The van der Waals surface area contributed by atoms with Crippen LogP contribution in [0.3, 0.4) is 0 Å². The predicted octanol–water partition coefficient (Wildman–Crippen LogP) is 2.54. The van der Waals surface area contributed by atoms with Crippen LogP contribution in [0.25, 0.3) is 0 Å². The number of rotatable bonds is 3. The average Bonchev–Trinajstić information content (AvgIpc) is 2.28. The van der Waals surface area contributed by atoms with Crippen molar-refractivity contribution in [2.75, 3.05) is 5.73 Å². The summed E-state index contributed by atoms with van der Waals surface area (Å²) in [7, 11) is 0. The van der Waals surface area contributed by atoms with Crippen LogP contribution in [0.15, 0.2) is 36.5 Å². The van der Waals surface area contributed by atoms with Crippen LogP contribution in [-0.4, -0.2) is 10.8 Å². The van der Waals surface area contributed by atoms with Gasteiger partial charge in [0, 0.05) is 12.6 Å². The summed E-state index contributed by atoms with van der Waals surface area (Å²) in [5.41, 5.74) is 7.53. The van der Waals surface area contributed by atoms with Crippen molar-refractivity contribution >= 4 is 11.6 Å². The number of pyridine rings is 1. The minimum atomic E-state index is -0.351. The monoisotopic (exact) mass is 244 g/mol. The Bertz CT molecular complexity index is 576. The normalized spacial score (nSPS) is 10.3. The van der Waals surface area contributed by atoms with Gasteiger partial charge in [-0.15, -0.1) is 0 Å². The molecule has 0 radical (unpaired) electrons. The van der Waals surface area contributed by atoms with Crippen LogP contribution >= 0.6 is 0 Å². The van der Waals surface area contributed by atoms with Crippen LogP contribution < -0.4 is 5.73 Å². The summed E-state index contributed by atoms with van der Waals surface area (Å²) in [5.74, 6) is -0.281. The molecule has 0 aliphatic carbocycles. The van der Waals surface area contributed by atoms with Crippen molar-refractivity contribution in [3.63, 3.8) is 0 Å². The van der Waals surface area contributed by atoms with E-state index in [1.165, 1.54) is 12.1 Å². The number of hydrogen-bond acceptors (Lipinski definition) is 3. The van der Waals surface area contributed by atoms with E-state index in [9.17, 15) is 9.18 Å².